The van der Waals surface area contributed by atoms with Crippen LogP contribution in [0.25, 0.3) is 5.57 Å². The number of rotatable bonds is 0. The highest BCUT2D eigenvalue weighted by atomic mass is 16.3. The van der Waals surface area contributed by atoms with E-state index in [0.29, 0.717) is 6.42 Å². The predicted octanol–water partition coefficient (Wildman–Crippen LogP) is 2.14. The van der Waals surface area contributed by atoms with Crippen LogP contribution in [0.2, 0.25) is 0 Å². The highest BCUT2D eigenvalue weighted by molar-refractivity contribution is 5.71. The molecule has 0 saturated heterocycles. The van der Waals surface area contributed by atoms with Crippen LogP contribution in [0.3, 0.4) is 0 Å². The fourth-order valence-corrected chi connectivity index (χ4v) is 1.56. The summed E-state index contributed by atoms with van der Waals surface area (Å²) >= 11 is 0. The van der Waals surface area contributed by atoms with Gasteiger partial charge in [-0.25, -0.2) is 0 Å². The van der Waals surface area contributed by atoms with Gasteiger partial charge in [0.1, 0.15) is 0 Å². The smallest absolute Gasteiger partial charge is 0.0836 e. The van der Waals surface area contributed by atoms with Gasteiger partial charge in [0.25, 0.3) is 0 Å². The van der Waals surface area contributed by atoms with E-state index in [1.54, 1.807) is 0 Å². The minimum absolute atomic E-state index is 0.321. The van der Waals surface area contributed by atoms with E-state index in [1.807, 2.05) is 24.3 Å². The fraction of sp³-hybridized carbons (Fsp3) is 0.200. The molecule has 1 heteroatoms. The molecule has 0 radical (unpaired) electrons. The summed E-state index contributed by atoms with van der Waals surface area (Å²) in [4.78, 5) is 0. The third-order valence-corrected chi connectivity index (χ3v) is 2.14. The molecule has 0 saturated carbocycles. The van der Waals surface area contributed by atoms with Crippen LogP contribution in [-0.2, 0) is 0 Å². The molecule has 0 aliphatic heterocycles. The maximum absolute atomic E-state index is 9.49. The van der Waals surface area contributed by atoms with Crippen molar-refractivity contribution in [1.29, 1.82) is 0 Å². The van der Waals surface area contributed by atoms with Crippen LogP contribution in [-0.4, -0.2) is 5.11 Å². The summed E-state index contributed by atoms with van der Waals surface area (Å²) in [7, 11) is 0. The summed E-state index contributed by atoms with van der Waals surface area (Å²) in [5.41, 5.74) is 3.20. The SMILES string of the molecule is C=C1C[C@H](O)c2ccccc21. The van der Waals surface area contributed by atoms with Crippen molar-refractivity contribution in [2.75, 3.05) is 0 Å². The molecule has 1 nitrogen and oxygen atoms in total. The lowest BCUT2D eigenvalue weighted by Gasteiger charge is -2.00. The Hall–Kier alpha value is -1.08. The second kappa shape index (κ2) is 2.21. The summed E-state index contributed by atoms with van der Waals surface area (Å²) in [6, 6.07) is 7.88. The van der Waals surface area contributed by atoms with Gasteiger partial charge in [-0.1, -0.05) is 30.8 Å². The summed E-state index contributed by atoms with van der Waals surface area (Å²) in [5, 5.41) is 9.49. The monoisotopic (exact) mass is 146 g/mol. The van der Waals surface area contributed by atoms with Gasteiger partial charge in [-0.2, -0.15) is 0 Å². The number of fused-ring (bicyclic) bond motifs is 1. The summed E-state index contributed by atoms with van der Waals surface area (Å²) in [6.07, 6.45) is 0.373. The average Bonchev–Trinajstić information content (AvgIpc) is 2.30. The molecule has 1 N–H and O–H groups in total. The molecule has 1 aromatic carbocycles. The van der Waals surface area contributed by atoms with Gasteiger partial charge in [0.05, 0.1) is 6.10 Å². The molecule has 2 rings (SSSR count). The highest BCUT2D eigenvalue weighted by Crippen LogP contribution is 2.37. The van der Waals surface area contributed by atoms with Crippen molar-refractivity contribution in [2.45, 2.75) is 12.5 Å². The molecule has 0 unspecified atom stereocenters. The van der Waals surface area contributed by atoms with Crippen molar-refractivity contribution >= 4 is 5.57 Å². The minimum atomic E-state index is -0.321. The lowest BCUT2D eigenvalue weighted by Crippen LogP contribution is -1.88. The van der Waals surface area contributed by atoms with E-state index in [2.05, 4.69) is 6.58 Å². The minimum Gasteiger partial charge on any atom is -0.388 e. The molecule has 0 bridgehead atoms. The van der Waals surface area contributed by atoms with Crippen LogP contribution in [0, 0.1) is 0 Å². The first-order valence-electron chi connectivity index (χ1n) is 3.74. The lowest BCUT2D eigenvalue weighted by molar-refractivity contribution is 0.190. The number of aliphatic hydroxyl groups is 1. The van der Waals surface area contributed by atoms with E-state index in [9.17, 15) is 5.11 Å². The maximum Gasteiger partial charge on any atom is 0.0836 e. The third-order valence-electron chi connectivity index (χ3n) is 2.14. The van der Waals surface area contributed by atoms with Crippen LogP contribution < -0.4 is 0 Å². The maximum atomic E-state index is 9.49. The molecule has 0 heterocycles. The Balaban J connectivity index is 2.60. The van der Waals surface area contributed by atoms with Gasteiger partial charge >= 0.3 is 0 Å². The normalized spacial score (nSPS) is 21.9. The van der Waals surface area contributed by atoms with E-state index in [-0.39, 0.29) is 6.10 Å². The number of aliphatic hydroxyl groups excluding tert-OH is 1. The molecule has 0 amide bonds. The van der Waals surface area contributed by atoms with Gasteiger partial charge in [0.15, 0.2) is 0 Å². The van der Waals surface area contributed by atoms with Crippen molar-refractivity contribution in [3.8, 4) is 0 Å². The second-order valence-corrected chi connectivity index (χ2v) is 2.91. The van der Waals surface area contributed by atoms with Crippen molar-refractivity contribution in [1.82, 2.24) is 0 Å². The van der Waals surface area contributed by atoms with Crippen molar-refractivity contribution in [2.24, 2.45) is 0 Å². The molecule has 11 heavy (non-hydrogen) atoms. The highest BCUT2D eigenvalue weighted by Gasteiger charge is 2.21. The number of hydrogen-bond donors (Lipinski definition) is 1. The predicted molar refractivity (Wildman–Crippen MR) is 45.1 cm³/mol. The quantitative estimate of drug-likeness (QED) is 0.594. The molecule has 1 aliphatic rings. The first kappa shape index (κ1) is 6.62. The summed E-state index contributed by atoms with van der Waals surface area (Å²) < 4.78 is 0. The van der Waals surface area contributed by atoms with Crippen LogP contribution in [0.15, 0.2) is 30.8 Å². The Kier molecular flexibility index (Phi) is 1.33. The molecule has 1 aliphatic carbocycles. The Bertz CT molecular complexity index is 301. The Morgan fingerprint density at radius 3 is 2.82 bits per heavy atom. The summed E-state index contributed by atoms with van der Waals surface area (Å²) in [6.45, 7) is 3.89. The van der Waals surface area contributed by atoms with E-state index in [0.717, 1.165) is 16.7 Å². The van der Waals surface area contributed by atoms with Crippen molar-refractivity contribution in [3.05, 3.63) is 42.0 Å². The van der Waals surface area contributed by atoms with Crippen LogP contribution >= 0.6 is 0 Å². The zero-order valence-corrected chi connectivity index (χ0v) is 6.25. The number of hydrogen-bond acceptors (Lipinski definition) is 1. The Morgan fingerprint density at radius 1 is 1.36 bits per heavy atom. The Labute approximate surface area is 66.0 Å². The van der Waals surface area contributed by atoms with Gasteiger partial charge < -0.3 is 5.11 Å². The molecule has 0 spiro atoms. The van der Waals surface area contributed by atoms with Crippen LogP contribution in [0.5, 0.6) is 0 Å². The Morgan fingerprint density at radius 2 is 2.09 bits per heavy atom. The van der Waals surface area contributed by atoms with Gasteiger partial charge in [0.2, 0.25) is 0 Å². The molecule has 0 fully saturated rings. The topological polar surface area (TPSA) is 20.2 Å². The third kappa shape index (κ3) is 0.889. The van der Waals surface area contributed by atoms with E-state index in [1.165, 1.54) is 0 Å². The second-order valence-electron chi connectivity index (χ2n) is 2.91. The zero-order valence-electron chi connectivity index (χ0n) is 6.25. The number of benzene rings is 1. The average molecular weight is 146 g/mol. The van der Waals surface area contributed by atoms with E-state index < -0.39 is 0 Å². The summed E-state index contributed by atoms with van der Waals surface area (Å²) in [5.74, 6) is 0. The molecule has 0 aromatic heterocycles. The molecular formula is C10H10O. The fourth-order valence-electron chi connectivity index (χ4n) is 1.56. The molecule has 1 atom stereocenters. The van der Waals surface area contributed by atoms with Crippen molar-refractivity contribution < 1.29 is 5.11 Å². The van der Waals surface area contributed by atoms with Crippen molar-refractivity contribution in [3.63, 3.8) is 0 Å². The van der Waals surface area contributed by atoms with E-state index >= 15 is 0 Å². The van der Waals surface area contributed by atoms with E-state index in [4.69, 9.17) is 0 Å². The van der Waals surface area contributed by atoms with Gasteiger partial charge in [-0.05, 0) is 16.7 Å². The standard InChI is InChI=1S/C10H10O/c1-7-6-10(11)9-5-3-2-4-8(7)9/h2-5,10-11H,1,6H2/t10-/m0/s1. The zero-order chi connectivity index (χ0) is 7.84. The largest absolute Gasteiger partial charge is 0.388 e. The van der Waals surface area contributed by atoms with Gasteiger partial charge in [-0.3, -0.25) is 0 Å². The first-order valence-corrected chi connectivity index (χ1v) is 3.74. The first-order chi connectivity index (χ1) is 5.29. The van der Waals surface area contributed by atoms with Gasteiger partial charge in [-0.15, -0.1) is 0 Å². The van der Waals surface area contributed by atoms with Gasteiger partial charge in [0, 0.05) is 6.42 Å². The molecular weight excluding hydrogens is 136 g/mol. The van der Waals surface area contributed by atoms with Crippen LogP contribution in [0.4, 0.5) is 0 Å². The molecule has 56 valence electrons. The lowest BCUT2D eigenvalue weighted by atomic mass is 10.1. The molecule has 1 aromatic rings. The van der Waals surface area contributed by atoms with Crippen LogP contribution in [0.1, 0.15) is 23.7 Å².